The van der Waals surface area contributed by atoms with Crippen molar-refractivity contribution in [1.82, 2.24) is 0 Å². The first kappa shape index (κ1) is 14.5. The first-order chi connectivity index (χ1) is 10.6. The fraction of sp³-hybridized carbons (Fsp3) is 0.263. The van der Waals surface area contributed by atoms with Crippen LogP contribution in [0.5, 0.6) is 0 Å². The predicted molar refractivity (Wildman–Crippen MR) is 86.7 cm³/mol. The number of anilines is 1. The molecule has 3 rings (SSSR count). The summed E-state index contributed by atoms with van der Waals surface area (Å²) in [5.74, 6) is -0.442. The van der Waals surface area contributed by atoms with Gasteiger partial charge in [-0.05, 0) is 49.1 Å². The second kappa shape index (κ2) is 5.76. The summed E-state index contributed by atoms with van der Waals surface area (Å²) in [5, 5.41) is 0. The van der Waals surface area contributed by atoms with Crippen LogP contribution < -0.4 is 4.90 Å². The molecule has 1 aliphatic rings. The number of nitrogens with zero attached hydrogens (tertiary/aromatic N) is 1. The van der Waals surface area contributed by atoms with E-state index in [9.17, 15) is 9.59 Å². The third-order valence-corrected chi connectivity index (χ3v) is 4.31. The first-order valence-corrected chi connectivity index (χ1v) is 7.54. The summed E-state index contributed by atoms with van der Waals surface area (Å²) < 4.78 is 0. The molecule has 22 heavy (non-hydrogen) atoms. The smallest absolute Gasteiger partial charge is 0.237 e. The lowest BCUT2D eigenvalue weighted by Gasteiger charge is -2.16. The SMILES string of the molecule is Cc1ccc(N2C(=O)C[C@H](Cc3ccccc3)C2=O)cc1C. The molecule has 0 N–H and O–H groups in total. The summed E-state index contributed by atoms with van der Waals surface area (Å²) in [7, 11) is 0. The van der Waals surface area contributed by atoms with Crippen LogP contribution >= 0.6 is 0 Å². The van der Waals surface area contributed by atoms with Crippen LogP contribution in [-0.2, 0) is 16.0 Å². The van der Waals surface area contributed by atoms with Gasteiger partial charge in [-0.2, -0.15) is 0 Å². The van der Waals surface area contributed by atoms with E-state index in [1.807, 2.05) is 62.4 Å². The zero-order valence-electron chi connectivity index (χ0n) is 12.9. The lowest BCUT2D eigenvalue weighted by atomic mass is 9.98. The molecule has 3 nitrogen and oxygen atoms in total. The normalized spacial score (nSPS) is 18.1. The van der Waals surface area contributed by atoms with Gasteiger partial charge in [0.05, 0.1) is 11.6 Å². The number of benzene rings is 2. The second-order valence-electron chi connectivity index (χ2n) is 5.93. The van der Waals surface area contributed by atoms with Crippen molar-refractivity contribution in [3.63, 3.8) is 0 Å². The Morgan fingerprint density at radius 3 is 2.41 bits per heavy atom. The summed E-state index contributed by atoms with van der Waals surface area (Å²) >= 11 is 0. The Kier molecular flexibility index (Phi) is 3.80. The van der Waals surface area contributed by atoms with E-state index >= 15 is 0 Å². The van der Waals surface area contributed by atoms with E-state index in [1.54, 1.807) is 0 Å². The average molecular weight is 293 g/mol. The van der Waals surface area contributed by atoms with Gasteiger partial charge in [0.25, 0.3) is 0 Å². The number of amides is 2. The minimum Gasteiger partial charge on any atom is -0.274 e. The molecule has 0 unspecified atom stereocenters. The molecule has 0 aromatic heterocycles. The minimum absolute atomic E-state index is 0.0860. The zero-order valence-corrected chi connectivity index (χ0v) is 12.9. The minimum atomic E-state index is -0.253. The standard InChI is InChI=1S/C19H19NO2/c1-13-8-9-17(10-14(13)2)20-18(21)12-16(19(20)22)11-15-6-4-3-5-7-15/h3-10,16H,11-12H2,1-2H3/t16-/m0/s1. The first-order valence-electron chi connectivity index (χ1n) is 7.54. The molecule has 1 aliphatic heterocycles. The Balaban J connectivity index is 1.83. The second-order valence-corrected chi connectivity index (χ2v) is 5.93. The van der Waals surface area contributed by atoms with Crippen molar-refractivity contribution in [2.24, 2.45) is 5.92 Å². The van der Waals surface area contributed by atoms with Gasteiger partial charge in [-0.25, -0.2) is 0 Å². The number of imide groups is 1. The molecule has 0 radical (unpaired) electrons. The molecule has 0 spiro atoms. The lowest BCUT2D eigenvalue weighted by molar-refractivity contribution is -0.122. The van der Waals surface area contributed by atoms with Gasteiger partial charge >= 0.3 is 0 Å². The Morgan fingerprint density at radius 1 is 1.00 bits per heavy atom. The molecule has 0 bridgehead atoms. The van der Waals surface area contributed by atoms with Gasteiger partial charge in [0.1, 0.15) is 0 Å². The van der Waals surface area contributed by atoms with Crippen LogP contribution in [0.3, 0.4) is 0 Å². The van der Waals surface area contributed by atoms with E-state index in [0.29, 0.717) is 18.5 Å². The highest BCUT2D eigenvalue weighted by Crippen LogP contribution is 2.29. The lowest BCUT2D eigenvalue weighted by Crippen LogP contribution is -2.30. The van der Waals surface area contributed by atoms with Gasteiger partial charge in [0, 0.05) is 6.42 Å². The van der Waals surface area contributed by atoms with E-state index < -0.39 is 0 Å². The van der Waals surface area contributed by atoms with Crippen molar-refractivity contribution in [3.05, 3.63) is 65.2 Å². The molecular formula is C19H19NO2. The van der Waals surface area contributed by atoms with Crippen molar-refractivity contribution in [1.29, 1.82) is 0 Å². The maximum atomic E-state index is 12.6. The van der Waals surface area contributed by atoms with Crippen molar-refractivity contribution >= 4 is 17.5 Å². The van der Waals surface area contributed by atoms with Crippen molar-refractivity contribution < 1.29 is 9.59 Å². The van der Waals surface area contributed by atoms with Crippen LogP contribution in [-0.4, -0.2) is 11.8 Å². The molecule has 1 atom stereocenters. The van der Waals surface area contributed by atoms with E-state index in [1.165, 1.54) is 4.90 Å². The van der Waals surface area contributed by atoms with Crippen LogP contribution in [0.25, 0.3) is 0 Å². The highest BCUT2D eigenvalue weighted by atomic mass is 16.2. The zero-order chi connectivity index (χ0) is 15.7. The third-order valence-electron chi connectivity index (χ3n) is 4.31. The quantitative estimate of drug-likeness (QED) is 0.813. The van der Waals surface area contributed by atoms with Crippen molar-refractivity contribution in [2.75, 3.05) is 4.90 Å². The molecule has 2 aromatic carbocycles. The fourth-order valence-electron chi connectivity index (χ4n) is 2.89. The monoisotopic (exact) mass is 293 g/mol. The van der Waals surface area contributed by atoms with Crippen LogP contribution in [0.2, 0.25) is 0 Å². The largest absolute Gasteiger partial charge is 0.274 e. The Bertz CT molecular complexity index is 721. The van der Waals surface area contributed by atoms with E-state index in [2.05, 4.69) is 0 Å². The van der Waals surface area contributed by atoms with Crippen LogP contribution in [0.1, 0.15) is 23.1 Å². The van der Waals surface area contributed by atoms with Crippen molar-refractivity contribution in [3.8, 4) is 0 Å². The van der Waals surface area contributed by atoms with Gasteiger partial charge < -0.3 is 0 Å². The molecule has 3 heteroatoms. The molecule has 1 saturated heterocycles. The maximum absolute atomic E-state index is 12.6. The Labute approximate surface area is 130 Å². The van der Waals surface area contributed by atoms with Gasteiger partial charge in [-0.3, -0.25) is 14.5 Å². The molecular weight excluding hydrogens is 274 g/mol. The number of hydrogen-bond donors (Lipinski definition) is 0. The fourth-order valence-corrected chi connectivity index (χ4v) is 2.89. The highest BCUT2D eigenvalue weighted by Gasteiger charge is 2.39. The highest BCUT2D eigenvalue weighted by molar-refractivity contribution is 6.21. The van der Waals surface area contributed by atoms with Crippen LogP contribution in [0, 0.1) is 19.8 Å². The number of hydrogen-bond acceptors (Lipinski definition) is 2. The van der Waals surface area contributed by atoms with E-state index in [0.717, 1.165) is 16.7 Å². The average Bonchev–Trinajstić information content (AvgIpc) is 2.78. The van der Waals surface area contributed by atoms with E-state index in [-0.39, 0.29) is 17.7 Å². The molecule has 0 saturated carbocycles. The van der Waals surface area contributed by atoms with Crippen molar-refractivity contribution in [2.45, 2.75) is 26.7 Å². The maximum Gasteiger partial charge on any atom is 0.237 e. The van der Waals surface area contributed by atoms with Crippen LogP contribution in [0.4, 0.5) is 5.69 Å². The van der Waals surface area contributed by atoms with Gasteiger partial charge in [0.15, 0.2) is 0 Å². The molecule has 1 heterocycles. The third kappa shape index (κ3) is 2.67. The van der Waals surface area contributed by atoms with E-state index in [4.69, 9.17) is 0 Å². The van der Waals surface area contributed by atoms with Gasteiger partial charge in [0.2, 0.25) is 11.8 Å². The summed E-state index contributed by atoms with van der Waals surface area (Å²) in [6.07, 6.45) is 0.910. The molecule has 0 aliphatic carbocycles. The molecule has 1 fully saturated rings. The van der Waals surface area contributed by atoms with Crippen LogP contribution in [0.15, 0.2) is 48.5 Å². The van der Waals surface area contributed by atoms with Gasteiger partial charge in [-0.1, -0.05) is 36.4 Å². The molecule has 2 amide bonds. The topological polar surface area (TPSA) is 37.4 Å². The Hall–Kier alpha value is -2.42. The number of aryl methyl sites for hydroxylation is 2. The summed E-state index contributed by atoms with van der Waals surface area (Å²) in [6, 6.07) is 15.6. The summed E-state index contributed by atoms with van der Waals surface area (Å²) in [4.78, 5) is 26.3. The molecule has 2 aromatic rings. The summed E-state index contributed by atoms with van der Waals surface area (Å²) in [6.45, 7) is 4.01. The number of rotatable bonds is 3. The Morgan fingerprint density at radius 2 is 1.73 bits per heavy atom. The van der Waals surface area contributed by atoms with Gasteiger partial charge in [-0.15, -0.1) is 0 Å². The number of carbonyl (C=O) groups is 2. The number of carbonyl (C=O) groups excluding carboxylic acids is 2. The summed E-state index contributed by atoms with van der Waals surface area (Å²) in [5.41, 5.74) is 4.03. The predicted octanol–water partition coefficient (Wildman–Crippen LogP) is 3.43. The molecule has 112 valence electrons.